The quantitative estimate of drug-likeness (QED) is 0.622. The number of carbonyl (C=O) groups is 2. The van der Waals surface area contributed by atoms with E-state index in [-0.39, 0.29) is 11.9 Å². The van der Waals surface area contributed by atoms with Gasteiger partial charge in [-0.25, -0.2) is 4.79 Å². The normalized spacial score (nSPS) is 16.1. The van der Waals surface area contributed by atoms with Gasteiger partial charge in [0.15, 0.2) is 5.78 Å². The van der Waals surface area contributed by atoms with Gasteiger partial charge >= 0.3 is 6.09 Å². The molecule has 1 amide bonds. The van der Waals surface area contributed by atoms with Gasteiger partial charge in [-0.1, -0.05) is 36.4 Å². The number of anilines is 1. The Bertz CT molecular complexity index is 929. The molecule has 2 aliphatic heterocycles. The fourth-order valence-corrected chi connectivity index (χ4v) is 2.96. The number of ketones is 1. The molecule has 0 N–H and O–H groups in total. The summed E-state index contributed by atoms with van der Waals surface area (Å²) >= 11 is 0. The van der Waals surface area contributed by atoms with E-state index in [0.717, 1.165) is 16.9 Å². The third-order valence-corrected chi connectivity index (χ3v) is 4.31. The van der Waals surface area contributed by atoms with Crippen molar-refractivity contribution in [3.63, 3.8) is 0 Å². The fourth-order valence-electron chi connectivity index (χ4n) is 2.96. The molecule has 2 aromatic carbocycles. The molecule has 0 saturated carbocycles. The topological polar surface area (TPSA) is 55.8 Å². The van der Waals surface area contributed by atoms with Gasteiger partial charge in [0, 0.05) is 16.8 Å². The summed E-state index contributed by atoms with van der Waals surface area (Å²) in [7, 11) is 0. The van der Waals surface area contributed by atoms with E-state index < -0.39 is 0 Å². The third kappa shape index (κ3) is 3.24. The zero-order chi connectivity index (χ0) is 17.9. The molecule has 0 atom stereocenters. The highest BCUT2D eigenvalue weighted by molar-refractivity contribution is 6.06. The molecule has 1 fully saturated rings. The van der Waals surface area contributed by atoms with Gasteiger partial charge in [0.05, 0.1) is 6.54 Å². The van der Waals surface area contributed by atoms with Crippen LogP contribution in [0.15, 0.2) is 66.3 Å². The molecule has 0 unspecified atom stereocenters. The molecule has 2 heterocycles. The van der Waals surface area contributed by atoms with E-state index in [1.807, 2.05) is 30.3 Å². The van der Waals surface area contributed by atoms with E-state index in [1.54, 1.807) is 30.3 Å². The van der Waals surface area contributed by atoms with Gasteiger partial charge in [-0.15, -0.1) is 0 Å². The zero-order valence-electron chi connectivity index (χ0n) is 14.1. The first-order valence-electron chi connectivity index (χ1n) is 8.40. The molecule has 5 nitrogen and oxygen atoms in total. The molecule has 0 spiro atoms. The van der Waals surface area contributed by atoms with Gasteiger partial charge < -0.3 is 9.47 Å². The lowest BCUT2D eigenvalue weighted by molar-refractivity contribution is 0.104. The van der Waals surface area contributed by atoms with Crippen molar-refractivity contribution in [2.45, 2.75) is 0 Å². The number of benzene rings is 2. The SMILES string of the molecule is O=C(/C=C\C1=Cc2ccccc2OC1)c1cccc(N2CCOC2=O)c1. The number of nitrogens with zero attached hydrogens (tertiary/aromatic N) is 1. The second kappa shape index (κ2) is 6.88. The van der Waals surface area contributed by atoms with Crippen molar-refractivity contribution in [3.05, 3.63) is 77.4 Å². The summed E-state index contributed by atoms with van der Waals surface area (Å²) in [6, 6.07) is 14.8. The van der Waals surface area contributed by atoms with Crippen molar-refractivity contribution in [3.8, 4) is 5.75 Å². The number of rotatable bonds is 4. The molecule has 5 heteroatoms. The van der Waals surface area contributed by atoms with Crippen LogP contribution < -0.4 is 9.64 Å². The molecular formula is C21H17NO4. The summed E-state index contributed by atoms with van der Waals surface area (Å²) in [5, 5.41) is 0. The van der Waals surface area contributed by atoms with Gasteiger partial charge in [-0.3, -0.25) is 9.69 Å². The lowest BCUT2D eigenvalue weighted by Crippen LogP contribution is -2.23. The molecule has 4 rings (SSSR count). The Kier molecular flexibility index (Phi) is 4.27. The molecular weight excluding hydrogens is 330 g/mol. The molecule has 2 aromatic rings. The van der Waals surface area contributed by atoms with Crippen molar-refractivity contribution in [2.75, 3.05) is 24.7 Å². The van der Waals surface area contributed by atoms with E-state index in [4.69, 9.17) is 9.47 Å². The lowest BCUT2D eigenvalue weighted by atomic mass is 10.1. The maximum atomic E-state index is 12.5. The van der Waals surface area contributed by atoms with E-state index >= 15 is 0 Å². The van der Waals surface area contributed by atoms with Crippen LogP contribution in [0.25, 0.3) is 6.08 Å². The average Bonchev–Trinajstić information content (AvgIpc) is 3.12. The Morgan fingerprint density at radius 1 is 1.08 bits per heavy atom. The third-order valence-electron chi connectivity index (χ3n) is 4.31. The monoisotopic (exact) mass is 347 g/mol. The molecule has 1 saturated heterocycles. The highest BCUT2D eigenvalue weighted by atomic mass is 16.6. The lowest BCUT2D eigenvalue weighted by Gasteiger charge is -2.15. The van der Waals surface area contributed by atoms with Crippen LogP contribution in [0.3, 0.4) is 0 Å². The van der Waals surface area contributed by atoms with Gasteiger partial charge in [-0.2, -0.15) is 0 Å². The van der Waals surface area contributed by atoms with Gasteiger partial charge in [0.25, 0.3) is 0 Å². The number of carbonyl (C=O) groups excluding carboxylic acids is 2. The first-order chi connectivity index (χ1) is 12.7. The predicted molar refractivity (Wildman–Crippen MR) is 98.5 cm³/mol. The van der Waals surface area contributed by atoms with E-state index in [9.17, 15) is 9.59 Å². The Morgan fingerprint density at radius 2 is 1.96 bits per heavy atom. The summed E-state index contributed by atoms with van der Waals surface area (Å²) in [6.07, 6.45) is 4.94. The molecule has 0 bridgehead atoms. The highest BCUT2D eigenvalue weighted by Crippen LogP contribution is 2.26. The van der Waals surface area contributed by atoms with Gasteiger partial charge in [-0.05, 0) is 35.9 Å². The molecule has 26 heavy (non-hydrogen) atoms. The summed E-state index contributed by atoms with van der Waals surface area (Å²) in [4.78, 5) is 25.7. The van der Waals surface area contributed by atoms with E-state index in [2.05, 4.69) is 0 Å². The minimum atomic E-state index is -0.381. The van der Waals surface area contributed by atoms with Crippen LogP contribution in [0.2, 0.25) is 0 Å². The second-order valence-corrected chi connectivity index (χ2v) is 6.06. The molecule has 0 aromatic heterocycles. The van der Waals surface area contributed by atoms with Crippen molar-refractivity contribution >= 4 is 23.6 Å². The van der Waals surface area contributed by atoms with Crippen LogP contribution in [-0.2, 0) is 4.74 Å². The zero-order valence-corrected chi connectivity index (χ0v) is 14.1. The number of allylic oxidation sites excluding steroid dienone is 1. The Balaban J connectivity index is 1.51. The summed E-state index contributed by atoms with van der Waals surface area (Å²) in [5.74, 6) is 0.723. The summed E-state index contributed by atoms with van der Waals surface area (Å²) in [6.45, 7) is 1.29. The fraction of sp³-hybridized carbons (Fsp3) is 0.143. The predicted octanol–water partition coefficient (Wildman–Crippen LogP) is 3.86. The van der Waals surface area contributed by atoms with Crippen LogP contribution in [0.1, 0.15) is 15.9 Å². The highest BCUT2D eigenvalue weighted by Gasteiger charge is 2.23. The number of amides is 1. The minimum Gasteiger partial charge on any atom is -0.488 e. The standard InChI is InChI=1S/C21H17NO4/c23-19(9-8-15-12-17-4-1-2-7-20(17)26-14-15)16-5-3-6-18(13-16)22-10-11-25-21(22)24/h1-9,12-13H,10-11,14H2/b9-8-. The second-order valence-electron chi connectivity index (χ2n) is 6.06. The largest absolute Gasteiger partial charge is 0.488 e. The van der Waals surface area contributed by atoms with E-state index in [1.165, 1.54) is 11.0 Å². The van der Waals surface area contributed by atoms with Crippen LogP contribution >= 0.6 is 0 Å². The average molecular weight is 347 g/mol. The van der Waals surface area contributed by atoms with Crippen molar-refractivity contribution in [1.82, 2.24) is 0 Å². The first kappa shape index (κ1) is 16.1. The molecule has 130 valence electrons. The Morgan fingerprint density at radius 3 is 2.81 bits per heavy atom. The number of para-hydroxylation sites is 1. The van der Waals surface area contributed by atoms with E-state index in [0.29, 0.717) is 31.0 Å². The number of ether oxygens (including phenoxy) is 2. The molecule has 0 aliphatic carbocycles. The maximum Gasteiger partial charge on any atom is 0.414 e. The number of cyclic esters (lactones) is 1. The van der Waals surface area contributed by atoms with Gasteiger partial charge in [0.1, 0.15) is 19.0 Å². The first-order valence-corrected chi connectivity index (χ1v) is 8.40. The number of fused-ring (bicyclic) bond motifs is 1. The Hall–Kier alpha value is -3.34. The van der Waals surface area contributed by atoms with Crippen LogP contribution in [0, 0.1) is 0 Å². The van der Waals surface area contributed by atoms with Crippen molar-refractivity contribution in [1.29, 1.82) is 0 Å². The molecule has 2 aliphatic rings. The maximum absolute atomic E-state index is 12.5. The van der Waals surface area contributed by atoms with Crippen LogP contribution in [-0.4, -0.2) is 31.6 Å². The summed E-state index contributed by atoms with van der Waals surface area (Å²) in [5.41, 5.74) is 3.12. The van der Waals surface area contributed by atoms with Crippen LogP contribution in [0.5, 0.6) is 5.75 Å². The molecule has 0 radical (unpaired) electrons. The summed E-state index contributed by atoms with van der Waals surface area (Å²) < 4.78 is 10.6. The van der Waals surface area contributed by atoms with Crippen molar-refractivity contribution in [2.24, 2.45) is 0 Å². The van der Waals surface area contributed by atoms with Crippen LogP contribution in [0.4, 0.5) is 10.5 Å². The Labute approximate surface area is 151 Å². The van der Waals surface area contributed by atoms with Crippen molar-refractivity contribution < 1.29 is 19.1 Å². The minimum absolute atomic E-state index is 0.126. The van der Waals surface area contributed by atoms with Gasteiger partial charge in [0.2, 0.25) is 0 Å². The smallest absolute Gasteiger partial charge is 0.414 e. The number of hydrogen-bond donors (Lipinski definition) is 0. The number of hydrogen-bond acceptors (Lipinski definition) is 4.